The quantitative estimate of drug-likeness (QED) is 0.834. The molecule has 0 radical (unpaired) electrons. The van der Waals surface area contributed by atoms with Crippen molar-refractivity contribution in [3.8, 4) is 0 Å². The zero-order valence-corrected chi connectivity index (χ0v) is 12.9. The first kappa shape index (κ1) is 16.0. The molecule has 0 saturated carbocycles. The van der Waals surface area contributed by atoms with Crippen LogP contribution in [0.25, 0.3) is 0 Å². The van der Waals surface area contributed by atoms with Gasteiger partial charge in [-0.25, -0.2) is 0 Å². The number of rotatable bonds is 6. The maximum Gasteiger partial charge on any atom is 0.237 e. The number of primary amides is 1. The molecule has 4 nitrogen and oxygen atoms in total. The molecule has 1 aliphatic heterocycles. The van der Waals surface area contributed by atoms with Crippen molar-refractivity contribution in [2.45, 2.75) is 38.1 Å². The second-order valence-electron chi connectivity index (χ2n) is 6.51. The predicted octanol–water partition coefficient (Wildman–Crippen LogP) is 1.53. The summed E-state index contributed by atoms with van der Waals surface area (Å²) in [5, 5.41) is 0. The highest BCUT2D eigenvalue weighted by Gasteiger charge is 2.27. The zero-order chi connectivity index (χ0) is 15.3. The summed E-state index contributed by atoms with van der Waals surface area (Å²) < 4.78 is 0. The van der Waals surface area contributed by atoms with Crippen molar-refractivity contribution in [1.82, 2.24) is 4.90 Å². The number of nitrogens with two attached hydrogens (primary N) is 2. The highest BCUT2D eigenvalue weighted by molar-refractivity contribution is 5.83. The van der Waals surface area contributed by atoms with Crippen LogP contribution in [0.2, 0.25) is 0 Å². The van der Waals surface area contributed by atoms with E-state index in [2.05, 4.69) is 35.2 Å². The van der Waals surface area contributed by atoms with Gasteiger partial charge in [0.25, 0.3) is 0 Å². The van der Waals surface area contributed by atoms with Gasteiger partial charge in [0.15, 0.2) is 0 Å². The van der Waals surface area contributed by atoms with Crippen LogP contribution in [-0.2, 0) is 11.2 Å². The van der Waals surface area contributed by atoms with Gasteiger partial charge in [-0.1, -0.05) is 30.3 Å². The summed E-state index contributed by atoms with van der Waals surface area (Å²) in [5.74, 6) is 0.352. The molecule has 0 aliphatic carbocycles. The van der Waals surface area contributed by atoms with Crippen LogP contribution in [0.4, 0.5) is 0 Å². The number of nitrogens with zero attached hydrogens (tertiary/aromatic N) is 1. The summed E-state index contributed by atoms with van der Waals surface area (Å²) in [6.07, 6.45) is 4.23. The van der Waals surface area contributed by atoms with Gasteiger partial charge in [0.2, 0.25) is 5.91 Å². The Labute approximate surface area is 127 Å². The molecule has 1 fully saturated rings. The lowest BCUT2D eigenvalue weighted by Gasteiger charge is -2.33. The number of hydrogen-bond donors (Lipinski definition) is 2. The SMILES string of the molecule is CC(N)(CCN1CCC(Cc2ccccc2)CC1)C(N)=O. The van der Waals surface area contributed by atoms with Gasteiger partial charge < -0.3 is 16.4 Å². The summed E-state index contributed by atoms with van der Waals surface area (Å²) in [4.78, 5) is 13.6. The van der Waals surface area contributed by atoms with Crippen molar-refractivity contribution in [2.24, 2.45) is 17.4 Å². The lowest BCUT2D eigenvalue weighted by atomic mass is 9.89. The first-order valence-electron chi connectivity index (χ1n) is 7.82. The minimum Gasteiger partial charge on any atom is -0.368 e. The summed E-state index contributed by atoms with van der Waals surface area (Å²) in [5.41, 5.74) is 11.8. The third kappa shape index (κ3) is 4.83. The van der Waals surface area contributed by atoms with Crippen LogP contribution in [0, 0.1) is 5.92 Å². The molecule has 0 spiro atoms. The zero-order valence-electron chi connectivity index (χ0n) is 12.9. The molecule has 1 unspecified atom stereocenters. The van der Waals surface area contributed by atoms with Crippen molar-refractivity contribution in [3.63, 3.8) is 0 Å². The maximum atomic E-state index is 11.2. The van der Waals surface area contributed by atoms with Crippen LogP contribution in [-0.4, -0.2) is 36.0 Å². The molecule has 0 aromatic heterocycles. The third-order valence-electron chi connectivity index (χ3n) is 4.58. The molecule has 1 atom stereocenters. The van der Waals surface area contributed by atoms with Crippen LogP contribution in [0.1, 0.15) is 31.7 Å². The molecular formula is C17H27N3O. The van der Waals surface area contributed by atoms with Gasteiger partial charge >= 0.3 is 0 Å². The van der Waals surface area contributed by atoms with Crippen molar-refractivity contribution in [3.05, 3.63) is 35.9 Å². The van der Waals surface area contributed by atoms with Gasteiger partial charge in [-0.15, -0.1) is 0 Å². The second-order valence-corrected chi connectivity index (χ2v) is 6.51. The Hall–Kier alpha value is -1.39. The van der Waals surface area contributed by atoms with E-state index < -0.39 is 11.4 Å². The fourth-order valence-electron chi connectivity index (χ4n) is 2.88. The molecule has 1 aromatic rings. The van der Waals surface area contributed by atoms with E-state index in [4.69, 9.17) is 11.5 Å². The van der Waals surface area contributed by atoms with Gasteiger partial charge in [0.05, 0.1) is 5.54 Å². The van der Waals surface area contributed by atoms with E-state index in [1.807, 2.05) is 0 Å². The van der Waals surface area contributed by atoms with E-state index in [1.165, 1.54) is 24.8 Å². The first-order valence-corrected chi connectivity index (χ1v) is 7.82. The van der Waals surface area contributed by atoms with E-state index in [-0.39, 0.29) is 0 Å². The number of likely N-dealkylation sites (tertiary alicyclic amines) is 1. The standard InChI is InChI=1S/C17H27N3O/c1-17(19,16(18)21)9-12-20-10-7-15(8-11-20)13-14-5-3-2-4-6-14/h2-6,15H,7-13,19H2,1H3,(H2,18,21). The van der Waals surface area contributed by atoms with Crippen molar-refractivity contribution >= 4 is 5.91 Å². The maximum absolute atomic E-state index is 11.2. The molecule has 4 heteroatoms. The smallest absolute Gasteiger partial charge is 0.237 e. The molecule has 1 aliphatic rings. The summed E-state index contributed by atoms with van der Waals surface area (Å²) in [7, 11) is 0. The van der Waals surface area contributed by atoms with E-state index in [9.17, 15) is 4.79 Å². The average molecular weight is 289 g/mol. The number of benzene rings is 1. The number of piperidine rings is 1. The minimum absolute atomic E-state index is 0.415. The van der Waals surface area contributed by atoms with Gasteiger partial charge in [0, 0.05) is 6.54 Å². The molecule has 1 aromatic carbocycles. The lowest BCUT2D eigenvalue weighted by Crippen LogP contribution is -2.51. The average Bonchev–Trinajstić information content (AvgIpc) is 2.47. The topological polar surface area (TPSA) is 72.3 Å². The predicted molar refractivity (Wildman–Crippen MR) is 85.7 cm³/mol. The van der Waals surface area contributed by atoms with Gasteiger partial charge in [-0.05, 0) is 57.2 Å². The Morgan fingerprint density at radius 1 is 1.29 bits per heavy atom. The molecule has 21 heavy (non-hydrogen) atoms. The molecule has 1 heterocycles. The molecule has 1 saturated heterocycles. The molecular weight excluding hydrogens is 262 g/mol. The van der Waals surface area contributed by atoms with Gasteiger partial charge in [0.1, 0.15) is 0 Å². The Balaban J connectivity index is 1.72. The highest BCUT2D eigenvalue weighted by Crippen LogP contribution is 2.22. The Bertz CT molecular complexity index is 450. The number of hydrogen-bond acceptors (Lipinski definition) is 3. The van der Waals surface area contributed by atoms with Gasteiger partial charge in [-0.2, -0.15) is 0 Å². The van der Waals surface area contributed by atoms with Crippen LogP contribution >= 0.6 is 0 Å². The summed E-state index contributed by atoms with van der Waals surface area (Å²) >= 11 is 0. The number of amides is 1. The normalized spacial score (nSPS) is 20.1. The van der Waals surface area contributed by atoms with E-state index in [0.717, 1.165) is 25.6 Å². The molecule has 0 bridgehead atoms. The Kier molecular flexibility index (Phi) is 5.37. The summed E-state index contributed by atoms with van der Waals surface area (Å²) in [6, 6.07) is 10.7. The monoisotopic (exact) mass is 289 g/mol. The van der Waals surface area contributed by atoms with E-state index in [0.29, 0.717) is 6.42 Å². The fourth-order valence-corrected chi connectivity index (χ4v) is 2.88. The summed E-state index contributed by atoms with van der Waals surface area (Å²) in [6.45, 7) is 4.75. The van der Waals surface area contributed by atoms with Crippen LogP contribution in [0.5, 0.6) is 0 Å². The van der Waals surface area contributed by atoms with Crippen molar-refractivity contribution in [2.75, 3.05) is 19.6 Å². The van der Waals surface area contributed by atoms with E-state index in [1.54, 1.807) is 6.92 Å². The van der Waals surface area contributed by atoms with Crippen molar-refractivity contribution in [1.29, 1.82) is 0 Å². The van der Waals surface area contributed by atoms with Crippen molar-refractivity contribution < 1.29 is 4.79 Å². The lowest BCUT2D eigenvalue weighted by molar-refractivity contribution is -0.122. The molecule has 116 valence electrons. The minimum atomic E-state index is -0.888. The highest BCUT2D eigenvalue weighted by atomic mass is 16.1. The van der Waals surface area contributed by atoms with E-state index >= 15 is 0 Å². The Morgan fingerprint density at radius 3 is 2.48 bits per heavy atom. The molecule has 2 rings (SSSR count). The van der Waals surface area contributed by atoms with Crippen LogP contribution < -0.4 is 11.5 Å². The van der Waals surface area contributed by atoms with Gasteiger partial charge in [-0.3, -0.25) is 4.79 Å². The number of carbonyl (C=O) groups is 1. The van der Waals surface area contributed by atoms with Crippen LogP contribution in [0.3, 0.4) is 0 Å². The first-order chi connectivity index (χ1) is 9.97. The molecule has 4 N–H and O–H groups in total. The molecule has 1 amide bonds. The second kappa shape index (κ2) is 7.05. The third-order valence-corrected chi connectivity index (χ3v) is 4.58. The van der Waals surface area contributed by atoms with Crippen LogP contribution in [0.15, 0.2) is 30.3 Å². The Morgan fingerprint density at radius 2 is 1.90 bits per heavy atom. The fraction of sp³-hybridized carbons (Fsp3) is 0.588. The number of carbonyl (C=O) groups excluding carboxylic acids is 1. The largest absolute Gasteiger partial charge is 0.368 e.